The van der Waals surface area contributed by atoms with Crippen molar-refractivity contribution < 1.29 is 0 Å². The lowest BCUT2D eigenvalue weighted by Gasteiger charge is -2.37. The van der Waals surface area contributed by atoms with Crippen LogP contribution in [0.1, 0.15) is 102 Å². The van der Waals surface area contributed by atoms with Crippen molar-refractivity contribution in [1.29, 1.82) is 0 Å². The summed E-state index contributed by atoms with van der Waals surface area (Å²) >= 11 is 0. The standard InChI is InChI=1S/C49H44/c1-6-47(2,3)36-21-24-41-40-22-17-34(27-44(40)48(4,5)45(41)29-36)35-18-23-42-39-9-7-8-10-43(39)49(46(42)28-35,37-19-15-30-11-13-32(30)25-37)38-20-16-31-12-14-33(31)26-38/h7-10,15-29H,6,11-14H2,1-5H3. The molecule has 49 heavy (non-hydrogen) atoms. The second kappa shape index (κ2) is 9.95. The zero-order valence-corrected chi connectivity index (χ0v) is 29.5. The number of fused-ring (bicyclic) bond motifs is 8. The van der Waals surface area contributed by atoms with Gasteiger partial charge in [-0.2, -0.15) is 0 Å². The van der Waals surface area contributed by atoms with Crippen LogP contribution in [0.5, 0.6) is 0 Å². The van der Waals surface area contributed by atoms with Gasteiger partial charge in [-0.1, -0.05) is 138 Å². The molecule has 0 nitrogen and oxygen atoms in total. The number of hydrogen-bond donors (Lipinski definition) is 0. The summed E-state index contributed by atoms with van der Waals surface area (Å²) in [6.45, 7) is 11.9. The minimum Gasteiger partial charge on any atom is -0.0646 e. The Morgan fingerprint density at radius 1 is 0.490 bits per heavy atom. The van der Waals surface area contributed by atoms with E-state index in [0.29, 0.717) is 0 Å². The van der Waals surface area contributed by atoms with Gasteiger partial charge in [-0.25, -0.2) is 0 Å². The van der Waals surface area contributed by atoms with Gasteiger partial charge in [-0.15, -0.1) is 0 Å². The van der Waals surface area contributed by atoms with Crippen LogP contribution in [0.2, 0.25) is 0 Å². The van der Waals surface area contributed by atoms with E-state index in [4.69, 9.17) is 0 Å². The number of rotatable bonds is 5. The molecule has 0 fully saturated rings. The summed E-state index contributed by atoms with van der Waals surface area (Å²) in [7, 11) is 0. The van der Waals surface area contributed by atoms with Crippen molar-refractivity contribution in [2.75, 3.05) is 0 Å². The second-order valence-electron chi connectivity index (χ2n) is 16.4. The molecule has 0 aromatic heterocycles. The maximum absolute atomic E-state index is 2.55. The first-order valence-electron chi connectivity index (χ1n) is 18.5. The average molecular weight is 633 g/mol. The van der Waals surface area contributed by atoms with Crippen LogP contribution in [0.15, 0.2) is 115 Å². The number of hydrogen-bond acceptors (Lipinski definition) is 0. The van der Waals surface area contributed by atoms with E-state index >= 15 is 0 Å². The van der Waals surface area contributed by atoms with Gasteiger partial charge in [0.15, 0.2) is 0 Å². The predicted molar refractivity (Wildman–Crippen MR) is 205 cm³/mol. The Morgan fingerprint density at radius 3 is 1.57 bits per heavy atom. The summed E-state index contributed by atoms with van der Waals surface area (Å²) in [4.78, 5) is 0. The molecule has 0 saturated heterocycles. The molecule has 0 atom stereocenters. The van der Waals surface area contributed by atoms with Crippen molar-refractivity contribution in [3.63, 3.8) is 0 Å². The Bertz CT molecular complexity index is 2320. The van der Waals surface area contributed by atoms with Crippen LogP contribution in [0, 0.1) is 0 Å². The molecule has 0 amide bonds. The third-order valence-corrected chi connectivity index (χ3v) is 13.3. The highest BCUT2D eigenvalue weighted by atomic mass is 14.5. The van der Waals surface area contributed by atoms with Crippen LogP contribution in [0.4, 0.5) is 0 Å². The van der Waals surface area contributed by atoms with Crippen LogP contribution in [0.3, 0.4) is 0 Å². The molecule has 0 spiro atoms. The van der Waals surface area contributed by atoms with Gasteiger partial charge in [0.25, 0.3) is 0 Å². The largest absolute Gasteiger partial charge is 0.0713 e. The predicted octanol–water partition coefficient (Wildman–Crippen LogP) is 11.9. The molecule has 4 aliphatic rings. The number of benzene rings is 6. The lowest BCUT2D eigenvalue weighted by atomic mass is 9.65. The lowest BCUT2D eigenvalue weighted by Crippen LogP contribution is -2.30. The Morgan fingerprint density at radius 2 is 1.00 bits per heavy atom. The molecule has 0 saturated carbocycles. The molecule has 0 bridgehead atoms. The van der Waals surface area contributed by atoms with Gasteiger partial charge >= 0.3 is 0 Å². The van der Waals surface area contributed by atoms with Crippen molar-refractivity contribution in [2.45, 2.75) is 83.0 Å². The van der Waals surface area contributed by atoms with E-state index in [-0.39, 0.29) is 16.2 Å². The minimum absolute atomic E-state index is 0.0605. The summed E-state index contributed by atoms with van der Waals surface area (Å²) in [6, 6.07) is 45.9. The van der Waals surface area contributed by atoms with Gasteiger partial charge in [-0.3, -0.25) is 0 Å². The third-order valence-electron chi connectivity index (χ3n) is 13.3. The van der Waals surface area contributed by atoms with Gasteiger partial charge in [0, 0.05) is 5.41 Å². The van der Waals surface area contributed by atoms with Crippen molar-refractivity contribution in [1.82, 2.24) is 0 Å². The van der Waals surface area contributed by atoms with E-state index in [1.54, 1.807) is 0 Å². The van der Waals surface area contributed by atoms with Crippen LogP contribution < -0.4 is 0 Å². The van der Waals surface area contributed by atoms with Gasteiger partial charge in [-0.05, 0) is 144 Å². The molecule has 0 unspecified atom stereocenters. The van der Waals surface area contributed by atoms with Crippen molar-refractivity contribution >= 4 is 0 Å². The quantitative estimate of drug-likeness (QED) is 0.177. The number of aryl methyl sites for hydroxylation is 4. The molecule has 6 aromatic carbocycles. The zero-order chi connectivity index (χ0) is 33.3. The van der Waals surface area contributed by atoms with E-state index in [0.717, 1.165) is 6.42 Å². The fourth-order valence-electron chi connectivity index (χ4n) is 9.65. The smallest absolute Gasteiger partial charge is 0.0646 e. The van der Waals surface area contributed by atoms with E-state index in [2.05, 4.69) is 150 Å². The highest BCUT2D eigenvalue weighted by Gasteiger charge is 2.47. The van der Waals surface area contributed by atoms with E-state index in [1.807, 2.05) is 0 Å². The van der Waals surface area contributed by atoms with E-state index in [1.165, 1.54) is 120 Å². The Hall–Kier alpha value is -4.68. The maximum Gasteiger partial charge on any atom is 0.0713 e. The van der Waals surface area contributed by atoms with Crippen molar-refractivity contribution in [3.05, 3.63) is 176 Å². The van der Waals surface area contributed by atoms with Crippen LogP contribution in [-0.2, 0) is 41.9 Å². The summed E-state index contributed by atoms with van der Waals surface area (Å²) in [5.74, 6) is 0. The molecule has 0 N–H and O–H groups in total. The van der Waals surface area contributed by atoms with Crippen molar-refractivity contribution in [2.24, 2.45) is 0 Å². The first-order valence-corrected chi connectivity index (χ1v) is 18.5. The minimum atomic E-state index is -0.355. The molecule has 0 heterocycles. The highest BCUT2D eigenvalue weighted by Crippen LogP contribution is 2.58. The van der Waals surface area contributed by atoms with Gasteiger partial charge in [0.2, 0.25) is 0 Å². The normalized spacial score (nSPS) is 16.8. The van der Waals surface area contributed by atoms with Gasteiger partial charge in [0.1, 0.15) is 0 Å². The second-order valence-corrected chi connectivity index (χ2v) is 16.4. The summed E-state index contributed by atoms with van der Waals surface area (Å²) in [6.07, 6.45) is 5.90. The van der Waals surface area contributed by atoms with E-state index < -0.39 is 0 Å². The molecule has 10 rings (SSSR count). The first kappa shape index (κ1) is 29.3. The summed E-state index contributed by atoms with van der Waals surface area (Å²) in [5, 5.41) is 0. The fourth-order valence-corrected chi connectivity index (χ4v) is 9.65. The van der Waals surface area contributed by atoms with E-state index in [9.17, 15) is 0 Å². The Labute approximate surface area is 291 Å². The Balaban J connectivity index is 1.17. The molecule has 4 aliphatic carbocycles. The zero-order valence-electron chi connectivity index (χ0n) is 29.5. The molecular formula is C49H44. The van der Waals surface area contributed by atoms with Crippen LogP contribution in [0.25, 0.3) is 33.4 Å². The topological polar surface area (TPSA) is 0 Å². The maximum atomic E-state index is 2.55. The van der Waals surface area contributed by atoms with Crippen LogP contribution in [-0.4, -0.2) is 0 Å². The molecule has 240 valence electrons. The van der Waals surface area contributed by atoms with Crippen LogP contribution >= 0.6 is 0 Å². The SMILES string of the molecule is CCC(C)(C)c1ccc2c(c1)C(C)(C)c1cc(-c3ccc4c(c3)C(c3ccc5c(c3)CC5)(c3ccc5c(c3)CC5)c3ccccc3-4)ccc1-2. The average Bonchev–Trinajstić information content (AvgIpc) is 3.51. The molecule has 0 radical (unpaired) electrons. The lowest BCUT2D eigenvalue weighted by molar-refractivity contribution is 0.504. The highest BCUT2D eigenvalue weighted by molar-refractivity contribution is 5.90. The van der Waals surface area contributed by atoms with Crippen molar-refractivity contribution in [3.8, 4) is 33.4 Å². The molecule has 0 aliphatic heterocycles. The fraction of sp³-hybridized carbons (Fsp3) is 0.265. The monoisotopic (exact) mass is 632 g/mol. The van der Waals surface area contributed by atoms with Gasteiger partial charge < -0.3 is 0 Å². The first-order chi connectivity index (χ1) is 23.7. The molecular weight excluding hydrogens is 589 g/mol. The van der Waals surface area contributed by atoms with Gasteiger partial charge in [0.05, 0.1) is 5.41 Å². The Kier molecular flexibility index (Phi) is 5.94. The molecule has 6 aromatic rings. The third kappa shape index (κ3) is 3.87. The summed E-state index contributed by atoms with van der Waals surface area (Å²) in [5.41, 5.74) is 23.9. The summed E-state index contributed by atoms with van der Waals surface area (Å²) < 4.78 is 0. The molecule has 0 heteroatoms.